The first kappa shape index (κ1) is 20.9. The van der Waals surface area contributed by atoms with E-state index in [0.717, 1.165) is 12.8 Å². The van der Waals surface area contributed by atoms with Gasteiger partial charge >= 0.3 is 0 Å². The predicted molar refractivity (Wildman–Crippen MR) is 116 cm³/mol. The van der Waals surface area contributed by atoms with E-state index in [1.807, 2.05) is 0 Å². The van der Waals surface area contributed by atoms with Gasteiger partial charge in [-0.2, -0.15) is 0 Å². The summed E-state index contributed by atoms with van der Waals surface area (Å²) in [6.45, 7) is 0.124. The van der Waals surface area contributed by atoms with Gasteiger partial charge in [-0.25, -0.2) is 4.39 Å². The van der Waals surface area contributed by atoms with Gasteiger partial charge in [-0.1, -0.05) is 17.7 Å². The Bertz CT molecular complexity index is 1090. The lowest BCUT2D eigenvalue weighted by molar-refractivity contribution is 0.0728. The van der Waals surface area contributed by atoms with Crippen LogP contribution in [-0.2, 0) is 6.54 Å². The molecule has 31 heavy (non-hydrogen) atoms. The van der Waals surface area contributed by atoms with Crippen molar-refractivity contribution in [3.63, 3.8) is 0 Å². The quantitative estimate of drug-likeness (QED) is 0.552. The molecule has 1 aliphatic rings. The van der Waals surface area contributed by atoms with E-state index in [-0.39, 0.29) is 18.5 Å². The molecule has 0 saturated heterocycles. The van der Waals surface area contributed by atoms with Crippen LogP contribution >= 0.6 is 11.6 Å². The van der Waals surface area contributed by atoms with Crippen LogP contribution in [-0.4, -0.2) is 22.8 Å². The Morgan fingerprint density at radius 1 is 0.968 bits per heavy atom. The molecule has 0 aliphatic heterocycles. The molecule has 0 heterocycles. The highest BCUT2D eigenvalue weighted by Crippen LogP contribution is 2.32. The van der Waals surface area contributed by atoms with Gasteiger partial charge < -0.3 is 15.4 Å². The van der Waals surface area contributed by atoms with Gasteiger partial charge in [-0.05, 0) is 73.5 Å². The number of carbonyl (C=O) groups excluding carboxylic acids is 2. The van der Waals surface area contributed by atoms with Crippen LogP contribution < -0.4 is 10.5 Å². The van der Waals surface area contributed by atoms with E-state index < -0.39 is 11.7 Å². The Labute approximate surface area is 184 Å². The lowest BCUT2D eigenvalue weighted by atomic mass is 10.1. The van der Waals surface area contributed by atoms with Crippen LogP contribution in [0.4, 0.5) is 4.39 Å². The molecule has 7 heteroatoms. The monoisotopic (exact) mass is 438 g/mol. The lowest BCUT2D eigenvalue weighted by Crippen LogP contribution is -2.33. The average Bonchev–Trinajstić information content (AvgIpc) is 3.59. The number of ether oxygens (including phenoxy) is 1. The molecule has 0 atom stereocenters. The molecule has 1 saturated carbocycles. The molecular formula is C24H20ClFN2O3. The second-order valence-electron chi connectivity index (χ2n) is 7.38. The van der Waals surface area contributed by atoms with Crippen LogP contribution in [0.25, 0.3) is 0 Å². The molecule has 0 aromatic heterocycles. The van der Waals surface area contributed by atoms with Crippen LogP contribution in [0.5, 0.6) is 11.5 Å². The summed E-state index contributed by atoms with van der Waals surface area (Å²) in [7, 11) is 0. The largest absolute Gasteiger partial charge is 0.457 e. The topological polar surface area (TPSA) is 72.6 Å². The number of hydrogen-bond acceptors (Lipinski definition) is 3. The Morgan fingerprint density at radius 3 is 2.06 bits per heavy atom. The van der Waals surface area contributed by atoms with Crippen molar-refractivity contribution >= 4 is 23.4 Å². The molecule has 0 unspecified atom stereocenters. The highest BCUT2D eigenvalue weighted by molar-refractivity contribution is 6.31. The van der Waals surface area contributed by atoms with Gasteiger partial charge in [-0.15, -0.1) is 0 Å². The second kappa shape index (κ2) is 8.78. The van der Waals surface area contributed by atoms with Crippen molar-refractivity contribution < 1.29 is 18.7 Å². The maximum absolute atomic E-state index is 14.2. The minimum atomic E-state index is -0.508. The normalized spacial score (nSPS) is 13.0. The number of rotatable bonds is 7. The fourth-order valence-corrected chi connectivity index (χ4v) is 3.48. The zero-order chi connectivity index (χ0) is 22.0. The third kappa shape index (κ3) is 4.86. The fraction of sp³-hybridized carbons (Fsp3) is 0.167. The molecule has 0 spiro atoms. The van der Waals surface area contributed by atoms with E-state index >= 15 is 0 Å². The number of benzene rings is 3. The van der Waals surface area contributed by atoms with E-state index in [1.165, 1.54) is 6.07 Å². The van der Waals surface area contributed by atoms with Crippen molar-refractivity contribution in [3.8, 4) is 11.5 Å². The first-order chi connectivity index (χ1) is 14.9. The fourth-order valence-electron chi connectivity index (χ4n) is 3.26. The summed E-state index contributed by atoms with van der Waals surface area (Å²) in [4.78, 5) is 25.9. The first-order valence-corrected chi connectivity index (χ1v) is 10.2. The van der Waals surface area contributed by atoms with Gasteiger partial charge in [0.05, 0.1) is 6.54 Å². The van der Waals surface area contributed by atoms with Crippen LogP contribution in [0.3, 0.4) is 0 Å². The molecule has 3 aromatic rings. The SMILES string of the molecule is NC(=O)c1ccc(Oc2ccc(C(=O)N(Cc3c(F)cccc3Cl)C3CC3)cc2)cc1. The maximum atomic E-state index is 14.2. The Morgan fingerprint density at radius 2 is 1.55 bits per heavy atom. The molecule has 2 amide bonds. The number of carbonyl (C=O) groups is 2. The number of primary amides is 1. The van der Waals surface area contributed by atoms with Gasteiger partial charge in [0, 0.05) is 27.8 Å². The highest BCUT2D eigenvalue weighted by atomic mass is 35.5. The minimum Gasteiger partial charge on any atom is -0.457 e. The summed E-state index contributed by atoms with van der Waals surface area (Å²) in [5.74, 6) is -0.0288. The Kier molecular flexibility index (Phi) is 5.91. The van der Waals surface area contributed by atoms with E-state index in [2.05, 4.69) is 0 Å². The van der Waals surface area contributed by atoms with Crippen LogP contribution in [0.15, 0.2) is 66.7 Å². The van der Waals surface area contributed by atoms with Gasteiger partial charge in [0.25, 0.3) is 5.91 Å². The lowest BCUT2D eigenvalue weighted by Gasteiger charge is -2.23. The predicted octanol–water partition coefficient (Wildman–Crippen LogP) is 5.18. The van der Waals surface area contributed by atoms with Gasteiger partial charge in [0.1, 0.15) is 17.3 Å². The van der Waals surface area contributed by atoms with Crippen LogP contribution in [0, 0.1) is 5.82 Å². The first-order valence-electron chi connectivity index (χ1n) is 9.84. The van der Waals surface area contributed by atoms with Crippen molar-refractivity contribution in [3.05, 3.63) is 94.3 Å². The number of nitrogens with zero attached hydrogens (tertiary/aromatic N) is 1. The van der Waals surface area contributed by atoms with Crippen molar-refractivity contribution in [1.82, 2.24) is 4.90 Å². The van der Waals surface area contributed by atoms with Gasteiger partial charge in [0.15, 0.2) is 0 Å². The van der Waals surface area contributed by atoms with Crippen molar-refractivity contribution in [2.45, 2.75) is 25.4 Å². The summed E-state index contributed by atoms with van der Waals surface area (Å²) < 4.78 is 20.0. The van der Waals surface area contributed by atoms with Crippen molar-refractivity contribution in [2.75, 3.05) is 0 Å². The molecule has 5 nitrogen and oxygen atoms in total. The molecule has 1 fully saturated rings. The minimum absolute atomic E-state index is 0.0860. The second-order valence-corrected chi connectivity index (χ2v) is 7.79. The Balaban J connectivity index is 1.48. The molecule has 4 rings (SSSR count). The molecular weight excluding hydrogens is 419 g/mol. The summed E-state index contributed by atoms with van der Waals surface area (Å²) in [5, 5.41) is 0.310. The third-order valence-corrected chi connectivity index (χ3v) is 5.47. The van der Waals surface area contributed by atoms with Crippen molar-refractivity contribution in [2.24, 2.45) is 5.73 Å². The smallest absolute Gasteiger partial charge is 0.254 e. The summed E-state index contributed by atoms with van der Waals surface area (Å²) in [6.07, 6.45) is 1.78. The van der Waals surface area contributed by atoms with Crippen LogP contribution in [0.1, 0.15) is 39.1 Å². The maximum Gasteiger partial charge on any atom is 0.254 e. The standard InChI is InChI=1S/C24H20ClFN2O3/c25-21-2-1-3-22(26)20(21)14-28(17-8-9-17)24(30)16-6-12-19(13-7-16)31-18-10-4-15(5-11-18)23(27)29/h1-7,10-13,17H,8-9,14H2,(H2,27,29). The molecule has 3 aromatic carbocycles. The highest BCUT2D eigenvalue weighted by Gasteiger charge is 2.34. The van der Waals surface area contributed by atoms with E-state index in [1.54, 1.807) is 65.6 Å². The van der Waals surface area contributed by atoms with Crippen molar-refractivity contribution in [1.29, 1.82) is 0 Å². The number of nitrogens with two attached hydrogens (primary N) is 1. The van der Waals surface area contributed by atoms with E-state index in [4.69, 9.17) is 22.1 Å². The molecule has 158 valence electrons. The van der Waals surface area contributed by atoms with Gasteiger partial charge in [0.2, 0.25) is 5.91 Å². The number of hydrogen-bond donors (Lipinski definition) is 1. The number of halogens is 2. The zero-order valence-electron chi connectivity index (χ0n) is 16.6. The molecule has 2 N–H and O–H groups in total. The van der Waals surface area contributed by atoms with Crippen LogP contribution in [0.2, 0.25) is 5.02 Å². The van der Waals surface area contributed by atoms with E-state index in [0.29, 0.717) is 33.2 Å². The average molecular weight is 439 g/mol. The summed E-state index contributed by atoms with van der Waals surface area (Å²) in [6, 6.07) is 17.8. The molecule has 0 radical (unpaired) electrons. The molecule has 0 bridgehead atoms. The van der Waals surface area contributed by atoms with Gasteiger partial charge in [-0.3, -0.25) is 9.59 Å². The molecule has 1 aliphatic carbocycles. The number of amides is 2. The summed E-state index contributed by atoms with van der Waals surface area (Å²) >= 11 is 6.15. The third-order valence-electron chi connectivity index (χ3n) is 5.11. The van der Waals surface area contributed by atoms with E-state index in [9.17, 15) is 14.0 Å². The zero-order valence-corrected chi connectivity index (χ0v) is 17.3. The Hall–Kier alpha value is -3.38. The summed E-state index contributed by atoms with van der Waals surface area (Å²) in [5.41, 5.74) is 6.43.